The average molecular weight is 608 g/mol. The Bertz CT molecular complexity index is 1130. The normalized spacial score (nSPS) is 14.7. The molecule has 0 bridgehead atoms. The predicted molar refractivity (Wildman–Crippen MR) is 192 cm³/mol. The molecule has 1 N–H and O–H groups in total. The SMILES string of the molecule is CC.[B]c1ccccc1CNCCCOC(=O)C(C)(C(C)(C)C)C(C)(C)C(C)(C)C(CC(C)(C)C)c1ccc(CS)cc1. The molecule has 2 aromatic carbocycles. The maximum absolute atomic E-state index is 14.2. The quantitative estimate of drug-likeness (QED) is 0.103. The summed E-state index contributed by atoms with van der Waals surface area (Å²) in [6.45, 7) is 30.7. The first kappa shape index (κ1) is 39.3. The minimum Gasteiger partial charge on any atom is -0.465 e. The van der Waals surface area contributed by atoms with Gasteiger partial charge in [0.2, 0.25) is 0 Å². The summed E-state index contributed by atoms with van der Waals surface area (Å²) in [4.78, 5) is 14.2. The maximum atomic E-state index is 14.2. The summed E-state index contributed by atoms with van der Waals surface area (Å²) in [5.41, 5.74) is 2.82. The molecule has 2 rings (SSSR count). The van der Waals surface area contributed by atoms with E-state index in [1.165, 1.54) is 11.1 Å². The van der Waals surface area contributed by atoms with E-state index >= 15 is 0 Å². The molecule has 0 amide bonds. The van der Waals surface area contributed by atoms with Crippen molar-refractivity contribution in [1.82, 2.24) is 5.32 Å². The summed E-state index contributed by atoms with van der Waals surface area (Å²) >= 11 is 4.47. The summed E-state index contributed by atoms with van der Waals surface area (Å²) in [5.74, 6) is 0.856. The standard InChI is InChI=1S/C36H56BNO2S.C2H6/c1-32(2,3)23-29(27-19-17-26(25-41)18-20-27)34(7,8)35(9,10)36(11,33(4,5)6)31(39)40-22-14-21-38-24-28-15-12-13-16-30(28)37;1-2/h12-13,15-20,29,38,41H,14,21-25H2,1-11H3;1-2H3. The Morgan fingerprint density at radius 2 is 1.44 bits per heavy atom. The van der Waals surface area contributed by atoms with Gasteiger partial charge in [-0.15, -0.1) is 0 Å². The Labute approximate surface area is 272 Å². The van der Waals surface area contributed by atoms with E-state index < -0.39 is 10.8 Å². The van der Waals surface area contributed by atoms with Crippen LogP contribution in [0.5, 0.6) is 0 Å². The number of rotatable bonds is 13. The fourth-order valence-electron chi connectivity index (χ4n) is 6.26. The molecule has 0 aliphatic carbocycles. The lowest BCUT2D eigenvalue weighted by Gasteiger charge is -2.60. The molecule has 0 heterocycles. The highest BCUT2D eigenvalue weighted by atomic mass is 32.1. The van der Waals surface area contributed by atoms with Crippen molar-refractivity contribution in [2.75, 3.05) is 13.2 Å². The molecule has 3 nitrogen and oxygen atoms in total. The summed E-state index contributed by atoms with van der Waals surface area (Å²) in [6, 6.07) is 16.8. The molecule has 0 spiro atoms. The van der Waals surface area contributed by atoms with Gasteiger partial charge in [-0.3, -0.25) is 4.79 Å². The fourth-order valence-corrected chi connectivity index (χ4v) is 6.47. The third-order valence-corrected chi connectivity index (χ3v) is 10.5. The Kier molecular flexibility index (Phi) is 14.7. The highest BCUT2D eigenvalue weighted by Crippen LogP contribution is 2.64. The van der Waals surface area contributed by atoms with Crippen molar-refractivity contribution in [3.63, 3.8) is 0 Å². The number of nitrogens with one attached hydrogen (secondary N) is 1. The second-order valence-electron chi connectivity index (χ2n) is 15.3. The predicted octanol–water partition coefficient (Wildman–Crippen LogP) is 9.28. The number of carbonyl (C=O) groups is 1. The van der Waals surface area contributed by atoms with Gasteiger partial charge in [-0.2, -0.15) is 12.6 Å². The van der Waals surface area contributed by atoms with E-state index in [1.54, 1.807) is 0 Å². The minimum atomic E-state index is -0.739. The number of benzene rings is 2. The van der Waals surface area contributed by atoms with E-state index in [1.807, 2.05) is 38.1 Å². The van der Waals surface area contributed by atoms with Crippen molar-refractivity contribution in [2.24, 2.45) is 27.1 Å². The molecule has 2 atom stereocenters. The van der Waals surface area contributed by atoms with E-state index in [0.717, 1.165) is 36.2 Å². The molecular formula is C38H62BNO2S. The van der Waals surface area contributed by atoms with Crippen molar-refractivity contribution in [1.29, 1.82) is 0 Å². The Morgan fingerprint density at radius 3 is 1.93 bits per heavy atom. The summed E-state index contributed by atoms with van der Waals surface area (Å²) in [5, 5.41) is 3.43. The molecule has 0 saturated heterocycles. The molecule has 240 valence electrons. The molecule has 43 heavy (non-hydrogen) atoms. The molecule has 0 aliphatic rings. The maximum Gasteiger partial charge on any atom is 0.312 e. The van der Waals surface area contributed by atoms with Crippen molar-refractivity contribution < 1.29 is 9.53 Å². The topological polar surface area (TPSA) is 38.3 Å². The molecule has 0 aromatic heterocycles. The largest absolute Gasteiger partial charge is 0.465 e. The van der Waals surface area contributed by atoms with Crippen LogP contribution < -0.4 is 10.8 Å². The van der Waals surface area contributed by atoms with Crippen molar-refractivity contribution >= 4 is 31.9 Å². The van der Waals surface area contributed by atoms with Crippen LogP contribution in [-0.4, -0.2) is 27.0 Å². The first-order valence-corrected chi connectivity index (χ1v) is 16.8. The Balaban J connectivity index is 0.00000452. The summed E-state index contributed by atoms with van der Waals surface area (Å²) < 4.78 is 6.10. The van der Waals surface area contributed by atoms with Crippen LogP contribution in [0.3, 0.4) is 0 Å². The van der Waals surface area contributed by atoms with Gasteiger partial charge in [0.1, 0.15) is 7.85 Å². The third kappa shape index (κ3) is 9.63. The van der Waals surface area contributed by atoms with E-state index in [9.17, 15) is 4.79 Å². The van der Waals surface area contributed by atoms with Crippen LogP contribution in [0, 0.1) is 27.1 Å². The van der Waals surface area contributed by atoms with Gasteiger partial charge in [-0.05, 0) is 70.6 Å². The first-order chi connectivity index (χ1) is 19.8. The molecule has 2 radical (unpaired) electrons. The van der Waals surface area contributed by atoms with Crippen LogP contribution in [0.15, 0.2) is 48.5 Å². The summed E-state index contributed by atoms with van der Waals surface area (Å²) in [7, 11) is 6.06. The molecule has 2 unspecified atom stereocenters. The zero-order chi connectivity index (χ0) is 33.3. The van der Waals surface area contributed by atoms with Gasteiger partial charge in [0.25, 0.3) is 0 Å². The molecular weight excluding hydrogens is 545 g/mol. The first-order valence-electron chi connectivity index (χ1n) is 16.2. The van der Waals surface area contributed by atoms with Crippen LogP contribution in [-0.2, 0) is 21.8 Å². The van der Waals surface area contributed by atoms with Gasteiger partial charge in [0.05, 0.1) is 12.0 Å². The lowest BCUT2D eigenvalue weighted by atomic mass is 9.43. The average Bonchev–Trinajstić information content (AvgIpc) is 2.93. The monoisotopic (exact) mass is 607 g/mol. The van der Waals surface area contributed by atoms with Crippen LogP contribution >= 0.6 is 12.6 Å². The van der Waals surface area contributed by atoms with Gasteiger partial charge >= 0.3 is 5.97 Å². The van der Waals surface area contributed by atoms with Crippen molar-refractivity contribution in [3.05, 3.63) is 65.2 Å². The zero-order valence-electron chi connectivity index (χ0n) is 29.8. The number of ether oxygens (including phenoxy) is 1. The minimum absolute atomic E-state index is 0.115. The van der Waals surface area contributed by atoms with Crippen LogP contribution in [0.1, 0.15) is 125 Å². The number of hydrogen-bond donors (Lipinski definition) is 2. The smallest absolute Gasteiger partial charge is 0.312 e. The number of esters is 1. The van der Waals surface area contributed by atoms with Gasteiger partial charge in [-0.1, -0.05) is 137 Å². The summed E-state index contributed by atoms with van der Waals surface area (Å²) in [6.07, 6.45) is 1.75. The Hall–Kier alpha value is -1.72. The molecule has 0 saturated carbocycles. The van der Waals surface area contributed by atoms with Crippen LogP contribution in [0.25, 0.3) is 0 Å². The van der Waals surface area contributed by atoms with E-state index in [2.05, 4.69) is 118 Å². The molecule has 0 fully saturated rings. The van der Waals surface area contributed by atoms with Crippen LogP contribution in [0.2, 0.25) is 0 Å². The zero-order valence-corrected chi connectivity index (χ0v) is 30.7. The second-order valence-corrected chi connectivity index (χ2v) is 15.6. The number of carbonyl (C=O) groups excluding carboxylic acids is 1. The fraction of sp³-hybridized carbons (Fsp3) is 0.658. The lowest BCUT2D eigenvalue weighted by Crippen LogP contribution is -2.59. The van der Waals surface area contributed by atoms with E-state index in [4.69, 9.17) is 12.6 Å². The van der Waals surface area contributed by atoms with E-state index in [-0.39, 0.29) is 28.1 Å². The van der Waals surface area contributed by atoms with Crippen LogP contribution in [0.4, 0.5) is 0 Å². The van der Waals surface area contributed by atoms with Gasteiger partial charge in [0, 0.05) is 12.3 Å². The second kappa shape index (κ2) is 16.0. The molecule has 2 aromatic rings. The van der Waals surface area contributed by atoms with E-state index in [0.29, 0.717) is 13.2 Å². The highest BCUT2D eigenvalue weighted by molar-refractivity contribution is 7.79. The number of thiol groups is 1. The van der Waals surface area contributed by atoms with Crippen molar-refractivity contribution in [2.45, 2.75) is 121 Å². The third-order valence-electron chi connectivity index (χ3n) is 10.1. The van der Waals surface area contributed by atoms with Crippen molar-refractivity contribution in [3.8, 4) is 0 Å². The highest BCUT2D eigenvalue weighted by Gasteiger charge is 2.62. The Morgan fingerprint density at radius 1 is 0.884 bits per heavy atom. The molecule has 5 heteroatoms. The van der Waals surface area contributed by atoms with Gasteiger partial charge in [-0.25, -0.2) is 0 Å². The lowest BCUT2D eigenvalue weighted by molar-refractivity contribution is -0.187. The molecule has 0 aliphatic heterocycles. The number of hydrogen-bond acceptors (Lipinski definition) is 4. The van der Waals surface area contributed by atoms with Gasteiger partial charge < -0.3 is 10.1 Å². The van der Waals surface area contributed by atoms with Gasteiger partial charge in [0.15, 0.2) is 0 Å².